The maximum absolute atomic E-state index is 13.0. The molecular weight excluding hydrogens is 645 g/mol. The summed E-state index contributed by atoms with van der Waals surface area (Å²) in [4.78, 5) is 16.1. The zero-order valence-corrected chi connectivity index (χ0v) is 29.6. The Labute approximate surface area is 277 Å². The van der Waals surface area contributed by atoms with E-state index in [4.69, 9.17) is 18.8 Å². The van der Waals surface area contributed by atoms with Crippen LogP contribution in [0.1, 0.15) is 70.4 Å². The van der Waals surface area contributed by atoms with Crippen LogP contribution in [0.4, 0.5) is 5.95 Å². The van der Waals surface area contributed by atoms with E-state index in [9.17, 15) is 13.0 Å². The van der Waals surface area contributed by atoms with Gasteiger partial charge in [0.25, 0.3) is 5.19 Å². The van der Waals surface area contributed by atoms with Crippen molar-refractivity contribution in [3.05, 3.63) is 47.8 Å². The lowest BCUT2D eigenvalue weighted by Gasteiger charge is -2.31. The van der Waals surface area contributed by atoms with Gasteiger partial charge in [-0.05, 0) is 68.4 Å². The molecule has 1 saturated heterocycles. The molecule has 2 aliphatic heterocycles. The van der Waals surface area contributed by atoms with Gasteiger partial charge in [-0.3, -0.25) is 4.57 Å². The minimum absolute atomic E-state index is 0.0168. The van der Waals surface area contributed by atoms with Gasteiger partial charge in [-0.1, -0.05) is 36.8 Å². The fourth-order valence-electron chi connectivity index (χ4n) is 5.84. The Morgan fingerprint density at radius 1 is 1.02 bits per heavy atom. The molecule has 0 N–H and O–H groups in total. The van der Waals surface area contributed by atoms with Crippen molar-refractivity contribution in [1.29, 1.82) is 0 Å². The largest absolute Gasteiger partial charge is 0.467 e. The first kappa shape index (κ1) is 34.9. The van der Waals surface area contributed by atoms with Crippen LogP contribution in [0.3, 0.4) is 0 Å². The minimum atomic E-state index is -3.42. The van der Waals surface area contributed by atoms with Crippen molar-refractivity contribution >= 4 is 50.7 Å². The molecule has 11 nitrogen and oxygen atoms in total. The summed E-state index contributed by atoms with van der Waals surface area (Å²) in [5.74, 6) is 0.801. The molecular formula is C32H46N5O6PS2. The number of aromatic nitrogens is 3. The number of sulfonamides is 1. The summed E-state index contributed by atoms with van der Waals surface area (Å²) >= 11 is 1.55. The predicted molar refractivity (Wildman–Crippen MR) is 184 cm³/mol. The van der Waals surface area contributed by atoms with Crippen LogP contribution in [-0.4, -0.2) is 85.1 Å². The lowest BCUT2D eigenvalue weighted by Crippen LogP contribution is -2.39. The molecule has 0 radical (unpaired) electrons. The molecule has 1 fully saturated rings. The maximum atomic E-state index is 13.0. The molecule has 46 heavy (non-hydrogen) atoms. The molecule has 0 saturated carbocycles. The van der Waals surface area contributed by atoms with Gasteiger partial charge in [-0.2, -0.15) is 4.31 Å². The lowest BCUT2D eigenvalue weighted by atomic mass is 10.0. The SMILES string of the molecule is CCCc1cnc(N2CCC(Oc3nc4ccc(C5=CCN(S(=O)(=O)CCCCP(=O)(OCC)OCC)CC5)cc4s3)CC2)nc1. The van der Waals surface area contributed by atoms with Crippen molar-refractivity contribution < 1.29 is 26.8 Å². The molecule has 0 aliphatic carbocycles. The van der Waals surface area contributed by atoms with E-state index >= 15 is 0 Å². The molecule has 3 aromatic rings. The minimum Gasteiger partial charge on any atom is -0.467 e. The molecule has 2 aromatic heterocycles. The molecule has 5 rings (SSSR count). The number of hydrogen-bond acceptors (Lipinski definition) is 11. The monoisotopic (exact) mass is 691 g/mol. The molecule has 4 heterocycles. The van der Waals surface area contributed by atoms with Crippen molar-refractivity contribution in [2.45, 2.75) is 71.8 Å². The molecule has 0 bridgehead atoms. The van der Waals surface area contributed by atoms with Crippen LogP contribution in [0, 0.1) is 0 Å². The second-order valence-electron chi connectivity index (χ2n) is 11.6. The highest BCUT2D eigenvalue weighted by atomic mass is 32.2. The van der Waals surface area contributed by atoms with Gasteiger partial charge >= 0.3 is 7.60 Å². The Morgan fingerprint density at radius 3 is 2.41 bits per heavy atom. The summed E-state index contributed by atoms with van der Waals surface area (Å²) in [6.45, 7) is 8.76. The third-order valence-electron chi connectivity index (χ3n) is 8.26. The molecule has 0 amide bonds. The number of aryl methyl sites for hydroxylation is 1. The lowest BCUT2D eigenvalue weighted by molar-refractivity contribution is 0.170. The van der Waals surface area contributed by atoms with Gasteiger partial charge in [-0.15, -0.1) is 0 Å². The van der Waals surface area contributed by atoms with Crippen LogP contribution in [0.15, 0.2) is 36.7 Å². The average molecular weight is 692 g/mol. The van der Waals surface area contributed by atoms with Crippen molar-refractivity contribution in [1.82, 2.24) is 19.3 Å². The second-order valence-corrected chi connectivity index (χ2v) is 16.9. The summed E-state index contributed by atoms with van der Waals surface area (Å²) in [6.07, 6.45) is 11.6. The summed E-state index contributed by atoms with van der Waals surface area (Å²) in [5, 5.41) is 0.680. The van der Waals surface area contributed by atoms with Crippen LogP contribution in [0.2, 0.25) is 0 Å². The van der Waals surface area contributed by atoms with Gasteiger partial charge in [0.1, 0.15) is 6.10 Å². The Bertz CT molecular complexity index is 1610. The van der Waals surface area contributed by atoms with E-state index in [0.717, 1.165) is 66.1 Å². The molecule has 1 aromatic carbocycles. The molecule has 0 atom stereocenters. The predicted octanol–water partition coefficient (Wildman–Crippen LogP) is 6.55. The molecule has 0 spiro atoms. The summed E-state index contributed by atoms with van der Waals surface area (Å²) in [6, 6.07) is 6.21. The van der Waals surface area contributed by atoms with Crippen molar-refractivity contribution in [3.63, 3.8) is 0 Å². The number of ether oxygens (including phenoxy) is 1. The van der Waals surface area contributed by atoms with Crippen molar-refractivity contribution in [2.75, 3.05) is 56.2 Å². The van der Waals surface area contributed by atoms with Crippen molar-refractivity contribution in [3.8, 4) is 5.19 Å². The van der Waals surface area contributed by atoms with Gasteiger partial charge in [0, 0.05) is 51.4 Å². The number of hydrogen-bond donors (Lipinski definition) is 0. The first-order valence-corrected chi connectivity index (χ1v) is 20.6. The number of thiazole rings is 1. The fraction of sp³-hybridized carbons (Fsp3) is 0.594. The van der Waals surface area contributed by atoms with E-state index in [1.165, 1.54) is 9.87 Å². The Kier molecular flexibility index (Phi) is 12.2. The first-order valence-electron chi connectivity index (χ1n) is 16.4. The quantitative estimate of drug-likeness (QED) is 0.121. The normalized spacial score (nSPS) is 17.0. The number of rotatable bonds is 16. The molecule has 0 unspecified atom stereocenters. The number of benzene rings is 1. The van der Waals surface area contributed by atoms with Gasteiger partial charge in [0.15, 0.2) is 0 Å². The first-order chi connectivity index (χ1) is 22.2. The van der Waals surface area contributed by atoms with E-state index in [0.29, 0.717) is 50.8 Å². The zero-order chi connectivity index (χ0) is 32.6. The van der Waals surface area contributed by atoms with E-state index in [1.807, 2.05) is 24.5 Å². The van der Waals surface area contributed by atoms with Crippen LogP contribution < -0.4 is 9.64 Å². The van der Waals surface area contributed by atoms with E-state index in [1.54, 1.807) is 25.2 Å². The smallest absolute Gasteiger partial charge is 0.330 e. The number of fused-ring (bicyclic) bond motifs is 1. The maximum Gasteiger partial charge on any atom is 0.330 e. The van der Waals surface area contributed by atoms with E-state index < -0.39 is 17.6 Å². The average Bonchev–Trinajstić information content (AvgIpc) is 3.46. The van der Waals surface area contributed by atoms with Gasteiger partial charge in [-0.25, -0.2) is 23.4 Å². The molecule has 2 aliphatic rings. The summed E-state index contributed by atoms with van der Waals surface area (Å²) in [7, 11) is -6.57. The third-order valence-corrected chi connectivity index (χ3v) is 13.3. The Hall–Kier alpha value is -2.41. The highest BCUT2D eigenvalue weighted by Crippen LogP contribution is 2.48. The van der Waals surface area contributed by atoms with Crippen molar-refractivity contribution in [2.24, 2.45) is 0 Å². The Morgan fingerprint density at radius 2 is 1.76 bits per heavy atom. The summed E-state index contributed by atoms with van der Waals surface area (Å²) in [5.41, 5.74) is 4.30. The van der Waals surface area contributed by atoms with E-state index in [2.05, 4.69) is 33.9 Å². The topological polar surface area (TPSA) is 124 Å². The molecule has 14 heteroatoms. The highest BCUT2D eigenvalue weighted by molar-refractivity contribution is 7.89. The van der Waals surface area contributed by atoms with Gasteiger partial charge < -0.3 is 18.7 Å². The standard InChI is InChI=1S/C32H46N5O6PS2/c1-4-9-25-23-33-31(34-24-25)36-16-14-28(15-17-36)43-32-35-29-11-10-27(22-30(29)45-32)26-12-18-37(19-13-26)46(39,40)21-8-7-20-44(38,41-5-2)42-6-3/h10-12,22-24,28H,4-9,13-21H2,1-3H3. The second kappa shape index (κ2) is 16.1. The number of unbranched alkanes of at least 4 members (excludes halogenated alkanes) is 1. The zero-order valence-electron chi connectivity index (χ0n) is 27.1. The molecule has 252 valence electrons. The Balaban J connectivity index is 1.11. The highest BCUT2D eigenvalue weighted by Gasteiger charge is 2.27. The number of anilines is 1. The fourth-order valence-corrected chi connectivity index (χ4v) is 9.99. The van der Waals surface area contributed by atoms with Crippen LogP contribution in [-0.2, 0) is 30.1 Å². The van der Waals surface area contributed by atoms with Gasteiger partial charge in [0.2, 0.25) is 16.0 Å². The summed E-state index contributed by atoms with van der Waals surface area (Å²) < 4.78 is 58.2. The number of piperidine rings is 1. The van der Waals surface area contributed by atoms with Crippen LogP contribution in [0.25, 0.3) is 15.8 Å². The van der Waals surface area contributed by atoms with Crippen LogP contribution >= 0.6 is 18.9 Å². The van der Waals surface area contributed by atoms with Gasteiger partial charge in [0.05, 0.1) is 35.3 Å². The van der Waals surface area contributed by atoms with E-state index in [-0.39, 0.29) is 18.0 Å². The third kappa shape index (κ3) is 9.14. The van der Waals surface area contributed by atoms with Crippen LogP contribution in [0.5, 0.6) is 5.19 Å². The number of nitrogens with zero attached hydrogens (tertiary/aromatic N) is 5.